The van der Waals surface area contributed by atoms with E-state index in [9.17, 15) is 4.79 Å². The summed E-state index contributed by atoms with van der Waals surface area (Å²) in [6.07, 6.45) is 5.64. The molecule has 88 valence electrons. The summed E-state index contributed by atoms with van der Waals surface area (Å²) in [7, 11) is 0. The number of hydrogen-bond donors (Lipinski definition) is 1. The maximum absolute atomic E-state index is 12.1. The SMILES string of the molecule is CC(CCN)C(=O)N1CCCCCC1C. The molecule has 1 amide bonds. The molecule has 0 saturated carbocycles. The van der Waals surface area contributed by atoms with Gasteiger partial charge in [0.05, 0.1) is 0 Å². The van der Waals surface area contributed by atoms with Crippen molar-refractivity contribution in [2.75, 3.05) is 13.1 Å². The van der Waals surface area contributed by atoms with E-state index in [0.29, 0.717) is 18.5 Å². The molecule has 2 atom stereocenters. The van der Waals surface area contributed by atoms with Crippen molar-refractivity contribution in [1.82, 2.24) is 4.90 Å². The van der Waals surface area contributed by atoms with Crippen LogP contribution in [0.1, 0.15) is 46.0 Å². The fraction of sp³-hybridized carbons (Fsp3) is 0.917. The van der Waals surface area contributed by atoms with Crippen molar-refractivity contribution >= 4 is 5.91 Å². The Kier molecular flexibility index (Phi) is 5.09. The average molecular weight is 212 g/mol. The van der Waals surface area contributed by atoms with Crippen LogP contribution in [-0.2, 0) is 4.79 Å². The van der Waals surface area contributed by atoms with Gasteiger partial charge in [0.2, 0.25) is 5.91 Å². The molecule has 1 heterocycles. The third-order valence-electron chi connectivity index (χ3n) is 3.36. The third kappa shape index (κ3) is 3.49. The lowest BCUT2D eigenvalue weighted by atomic mass is 10.0. The van der Waals surface area contributed by atoms with Crippen LogP contribution < -0.4 is 5.73 Å². The van der Waals surface area contributed by atoms with Crippen molar-refractivity contribution in [1.29, 1.82) is 0 Å². The first-order valence-corrected chi connectivity index (χ1v) is 6.17. The Hall–Kier alpha value is -0.570. The van der Waals surface area contributed by atoms with Gasteiger partial charge in [0, 0.05) is 18.5 Å². The van der Waals surface area contributed by atoms with E-state index in [-0.39, 0.29) is 5.92 Å². The zero-order chi connectivity index (χ0) is 11.3. The van der Waals surface area contributed by atoms with Crippen LogP contribution in [0.5, 0.6) is 0 Å². The van der Waals surface area contributed by atoms with Crippen LogP contribution in [0.2, 0.25) is 0 Å². The van der Waals surface area contributed by atoms with Gasteiger partial charge in [0.15, 0.2) is 0 Å². The molecule has 1 aliphatic rings. The van der Waals surface area contributed by atoms with Crippen molar-refractivity contribution in [3.05, 3.63) is 0 Å². The van der Waals surface area contributed by atoms with E-state index < -0.39 is 0 Å². The van der Waals surface area contributed by atoms with E-state index in [2.05, 4.69) is 11.8 Å². The summed E-state index contributed by atoms with van der Waals surface area (Å²) in [6.45, 7) is 5.70. The number of nitrogens with zero attached hydrogens (tertiary/aromatic N) is 1. The Morgan fingerprint density at radius 3 is 2.87 bits per heavy atom. The second kappa shape index (κ2) is 6.11. The van der Waals surface area contributed by atoms with E-state index in [4.69, 9.17) is 5.73 Å². The molecule has 0 aromatic heterocycles. The van der Waals surface area contributed by atoms with Gasteiger partial charge in [-0.15, -0.1) is 0 Å². The van der Waals surface area contributed by atoms with Gasteiger partial charge < -0.3 is 10.6 Å². The van der Waals surface area contributed by atoms with E-state index in [0.717, 1.165) is 25.8 Å². The molecular weight excluding hydrogens is 188 g/mol. The Morgan fingerprint density at radius 2 is 2.20 bits per heavy atom. The van der Waals surface area contributed by atoms with Crippen LogP contribution in [0, 0.1) is 5.92 Å². The van der Waals surface area contributed by atoms with Gasteiger partial charge >= 0.3 is 0 Å². The molecule has 0 aromatic rings. The molecule has 0 aromatic carbocycles. The Labute approximate surface area is 93.0 Å². The largest absolute Gasteiger partial charge is 0.340 e. The van der Waals surface area contributed by atoms with Gasteiger partial charge in [-0.05, 0) is 32.7 Å². The maximum atomic E-state index is 12.1. The van der Waals surface area contributed by atoms with Crippen LogP contribution in [0.15, 0.2) is 0 Å². The number of likely N-dealkylation sites (tertiary alicyclic amines) is 1. The minimum Gasteiger partial charge on any atom is -0.340 e. The molecule has 3 nitrogen and oxygen atoms in total. The molecule has 1 aliphatic heterocycles. The highest BCUT2D eigenvalue weighted by Crippen LogP contribution is 2.19. The third-order valence-corrected chi connectivity index (χ3v) is 3.36. The number of carbonyl (C=O) groups is 1. The standard InChI is InChI=1S/C12H24N2O/c1-10(7-8-13)12(15)14-9-5-3-4-6-11(14)2/h10-11H,3-9,13H2,1-2H3. The van der Waals surface area contributed by atoms with Crippen LogP contribution in [-0.4, -0.2) is 29.9 Å². The molecule has 1 rings (SSSR count). The summed E-state index contributed by atoms with van der Waals surface area (Å²) in [5, 5.41) is 0. The highest BCUT2D eigenvalue weighted by atomic mass is 16.2. The predicted octanol–water partition coefficient (Wildman–Crippen LogP) is 1.76. The molecule has 0 aliphatic carbocycles. The second-order valence-corrected chi connectivity index (χ2v) is 4.71. The minimum absolute atomic E-state index is 0.0931. The zero-order valence-electron chi connectivity index (χ0n) is 10.0. The van der Waals surface area contributed by atoms with Crippen LogP contribution in [0.3, 0.4) is 0 Å². The first-order chi connectivity index (χ1) is 7.16. The van der Waals surface area contributed by atoms with E-state index in [1.54, 1.807) is 0 Å². The van der Waals surface area contributed by atoms with Crippen LogP contribution in [0.4, 0.5) is 0 Å². The van der Waals surface area contributed by atoms with Crippen LogP contribution >= 0.6 is 0 Å². The fourth-order valence-electron chi connectivity index (χ4n) is 2.26. The van der Waals surface area contributed by atoms with Gasteiger partial charge in [-0.1, -0.05) is 19.8 Å². The molecule has 2 N–H and O–H groups in total. The summed E-state index contributed by atoms with van der Waals surface area (Å²) in [6, 6.07) is 0.417. The molecular formula is C12H24N2O. The summed E-state index contributed by atoms with van der Waals surface area (Å²) >= 11 is 0. The lowest BCUT2D eigenvalue weighted by molar-refractivity contribution is -0.137. The lowest BCUT2D eigenvalue weighted by Crippen LogP contribution is -2.41. The lowest BCUT2D eigenvalue weighted by Gasteiger charge is -2.29. The summed E-state index contributed by atoms with van der Waals surface area (Å²) < 4.78 is 0. The smallest absolute Gasteiger partial charge is 0.225 e. The van der Waals surface area contributed by atoms with E-state index >= 15 is 0 Å². The van der Waals surface area contributed by atoms with E-state index in [1.807, 2.05) is 6.92 Å². The normalized spacial score (nSPS) is 24.7. The van der Waals surface area contributed by atoms with Crippen LogP contribution in [0.25, 0.3) is 0 Å². The average Bonchev–Trinajstić information content (AvgIpc) is 2.42. The van der Waals surface area contributed by atoms with Gasteiger partial charge in [-0.25, -0.2) is 0 Å². The minimum atomic E-state index is 0.0931. The Bertz CT molecular complexity index is 206. The first-order valence-electron chi connectivity index (χ1n) is 6.17. The van der Waals surface area contributed by atoms with Gasteiger partial charge in [-0.3, -0.25) is 4.79 Å². The number of amides is 1. The molecule has 15 heavy (non-hydrogen) atoms. The number of carbonyl (C=O) groups excluding carboxylic acids is 1. The van der Waals surface area contributed by atoms with E-state index in [1.165, 1.54) is 12.8 Å². The number of hydrogen-bond acceptors (Lipinski definition) is 2. The number of nitrogens with two attached hydrogens (primary N) is 1. The Balaban J connectivity index is 2.55. The molecule has 2 unspecified atom stereocenters. The van der Waals surface area contributed by atoms with Gasteiger partial charge in [0.1, 0.15) is 0 Å². The topological polar surface area (TPSA) is 46.3 Å². The van der Waals surface area contributed by atoms with Crippen molar-refractivity contribution in [2.24, 2.45) is 11.7 Å². The molecule has 0 bridgehead atoms. The van der Waals surface area contributed by atoms with Crippen molar-refractivity contribution in [2.45, 2.75) is 52.0 Å². The summed E-state index contributed by atoms with van der Waals surface area (Å²) in [5.74, 6) is 0.394. The predicted molar refractivity (Wildman–Crippen MR) is 62.5 cm³/mol. The maximum Gasteiger partial charge on any atom is 0.225 e. The molecule has 1 saturated heterocycles. The quantitative estimate of drug-likeness (QED) is 0.775. The van der Waals surface area contributed by atoms with Crippen molar-refractivity contribution < 1.29 is 4.79 Å². The fourth-order valence-corrected chi connectivity index (χ4v) is 2.26. The number of rotatable bonds is 3. The van der Waals surface area contributed by atoms with Crippen molar-refractivity contribution in [3.8, 4) is 0 Å². The first kappa shape index (κ1) is 12.5. The highest BCUT2D eigenvalue weighted by Gasteiger charge is 2.25. The highest BCUT2D eigenvalue weighted by molar-refractivity contribution is 5.78. The summed E-state index contributed by atoms with van der Waals surface area (Å²) in [5.41, 5.74) is 5.49. The molecule has 3 heteroatoms. The summed E-state index contributed by atoms with van der Waals surface area (Å²) in [4.78, 5) is 14.2. The monoisotopic (exact) mass is 212 g/mol. The van der Waals surface area contributed by atoms with Gasteiger partial charge in [-0.2, -0.15) is 0 Å². The molecule has 1 fully saturated rings. The second-order valence-electron chi connectivity index (χ2n) is 4.71. The zero-order valence-corrected chi connectivity index (χ0v) is 10.0. The molecule has 0 spiro atoms. The van der Waals surface area contributed by atoms with Gasteiger partial charge in [0.25, 0.3) is 0 Å². The molecule has 0 radical (unpaired) electrons. The Morgan fingerprint density at radius 1 is 1.47 bits per heavy atom. The van der Waals surface area contributed by atoms with Crippen molar-refractivity contribution in [3.63, 3.8) is 0 Å².